The lowest BCUT2D eigenvalue weighted by Gasteiger charge is -2.53. The van der Waals surface area contributed by atoms with Gasteiger partial charge < -0.3 is 19.1 Å². The van der Waals surface area contributed by atoms with Crippen molar-refractivity contribution in [1.82, 2.24) is 19.5 Å². The fraction of sp³-hybridized carbons (Fsp3) is 0.650. The molecular formula is C40H54ClN5O6S. The third-order valence-electron chi connectivity index (χ3n) is 13.4. The Morgan fingerprint density at radius 1 is 1.11 bits per heavy atom. The molecule has 2 saturated heterocycles. The molecule has 1 saturated carbocycles. The molecule has 13 heteroatoms. The van der Waals surface area contributed by atoms with Gasteiger partial charge in [-0.15, -0.1) is 0 Å². The van der Waals surface area contributed by atoms with Gasteiger partial charge in [0, 0.05) is 69.4 Å². The Kier molecular flexibility index (Phi) is 10.3. The first kappa shape index (κ1) is 37.2. The first-order valence-corrected chi connectivity index (χ1v) is 21.4. The van der Waals surface area contributed by atoms with Crippen LogP contribution >= 0.6 is 11.6 Å². The van der Waals surface area contributed by atoms with E-state index in [-0.39, 0.29) is 22.9 Å². The smallest absolute Gasteiger partial charge is 0.283 e. The summed E-state index contributed by atoms with van der Waals surface area (Å²) in [5.41, 5.74) is 1.69. The van der Waals surface area contributed by atoms with Crippen LogP contribution in [0.4, 0.5) is 5.82 Å². The topological polar surface area (TPSA) is 114 Å². The summed E-state index contributed by atoms with van der Waals surface area (Å²) in [5, 5.41) is -0.0736. The standard InChI is InChI=1S/C40H54ClN5O6S/c1-27-6-4-15-40(50-3,25-44-16-17-45-18-19-51-23-32(45)22-44)34-10-8-30(34)21-46-24-39(14-5-7-29-20-31(41)9-11-33(29)39)26-52-36-13-12-35(42-37(36)46)38(47)43-53(48,49)28(27)2/h4,9,11-13,15,20,27-28,30,32,34H,5-8,10,14,16-19,21-26H2,1-3H3,(H,43,47)/b15-4-/t27-,28+,30-,32-,34+,39-,40+/m0/s1. The van der Waals surface area contributed by atoms with Crippen molar-refractivity contribution in [1.29, 1.82) is 0 Å². The van der Waals surface area contributed by atoms with Crippen LogP contribution in [0.1, 0.15) is 67.6 Å². The summed E-state index contributed by atoms with van der Waals surface area (Å²) in [4.78, 5) is 25.9. The van der Waals surface area contributed by atoms with Crippen LogP contribution in [-0.4, -0.2) is 119 Å². The number of sulfonamides is 1. The molecule has 0 unspecified atom stereocenters. The summed E-state index contributed by atoms with van der Waals surface area (Å²) in [6.45, 7) is 11.6. The highest BCUT2D eigenvalue weighted by atomic mass is 35.5. The van der Waals surface area contributed by atoms with E-state index in [4.69, 9.17) is 30.8 Å². The van der Waals surface area contributed by atoms with Crippen LogP contribution in [0.25, 0.3) is 0 Å². The molecule has 1 aromatic carbocycles. The van der Waals surface area contributed by atoms with E-state index in [1.807, 2.05) is 20.1 Å². The molecule has 288 valence electrons. The van der Waals surface area contributed by atoms with Crippen molar-refractivity contribution in [2.75, 3.05) is 77.6 Å². The molecule has 5 heterocycles. The number of ether oxygens (including phenoxy) is 3. The molecule has 1 aromatic heterocycles. The van der Waals surface area contributed by atoms with Gasteiger partial charge in [-0.2, -0.15) is 0 Å². The van der Waals surface area contributed by atoms with Crippen LogP contribution in [-0.2, 0) is 31.3 Å². The Morgan fingerprint density at radius 2 is 1.98 bits per heavy atom. The molecule has 2 bridgehead atoms. The molecular weight excluding hydrogens is 714 g/mol. The van der Waals surface area contributed by atoms with Crippen molar-refractivity contribution in [2.45, 2.75) is 74.7 Å². The van der Waals surface area contributed by atoms with Crippen LogP contribution in [0.5, 0.6) is 5.75 Å². The molecule has 1 amide bonds. The predicted molar refractivity (Wildman–Crippen MR) is 205 cm³/mol. The van der Waals surface area contributed by atoms with Crippen molar-refractivity contribution in [2.24, 2.45) is 17.8 Å². The van der Waals surface area contributed by atoms with Gasteiger partial charge in [-0.3, -0.25) is 14.6 Å². The average molecular weight is 768 g/mol. The summed E-state index contributed by atoms with van der Waals surface area (Å²) < 4.78 is 48.8. The van der Waals surface area contributed by atoms with Crippen LogP contribution in [0.3, 0.4) is 0 Å². The summed E-state index contributed by atoms with van der Waals surface area (Å²) in [6, 6.07) is 9.96. The lowest BCUT2D eigenvalue weighted by molar-refractivity contribution is -0.108. The molecule has 3 fully saturated rings. The number of amides is 1. The Morgan fingerprint density at radius 3 is 2.79 bits per heavy atom. The zero-order valence-electron chi connectivity index (χ0n) is 31.3. The van der Waals surface area contributed by atoms with Gasteiger partial charge in [-0.25, -0.2) is 18.1 Å². The number of pyridine rings is 1. The number of aromatic nitrogens is 1. The maximum absolute atomic E-state index is 13.6. The number of morpholine rings is 1. The Balaban J connectivity index is 1.19. The van der Waals surface area contributed by atoms with Gasteiger partial charge in [-0.1, -0.05) is 36.7 Å². The van der Waals surface area contributed by atoms with E-state index in [9.17, 15) is 13.2 Å². The maximum atomic E-state index is 13.6. The number of halogens is 1. The van der Waals surface area contributed by atoms with E-state index < -0.39 is 26.8 Å². The van der Waals surface area contributed by atoms with E-state index in [1.54, 1.807) is 19.1 Å². The minimum atomic E-state index is -4.00. The number of hydrogen-bond acceptors (Lipinski definition) is 10. The zero-order valence-corrected chi connectivity index (χ0v) is 32.8. The second-order valence-corrected chi connectivity index (χ2v) is 19.0. The van der Waals surface area contributed by atoms with Crippen LogP contribution < -0.4 is 14.4 Å². The first-order valence-electron chi connectivity index (χ1n) is 19.5. The number of carbonyl (C=O) groups excluding carboxylic acids is 1. The number of benzene rings is 1. The van der Waals surface area contributed by atoms with Gasteiger partial charge in [-0.05, 0) is 98.6 Å². The van der Waals surface area contributed by atoms with Gasteiger partial charge in [0.2, 0.25) is 10.0 Å². The molecule has 2 aromatic rings. The largest absolute Gasteiger partial charge is 0.489 e. The number of carbonyl (C=O) groups is 1. The zero-order chi connectivity index (χ0) is 37.0. The van der Waals surface area contributed by atoms with Crippen molar-refractivity contribution in [3.05, 3.63) is 64.3 Å². The summed E-state index contributed by atoms with van der Waals surface area (Å²) >= 11 is 6.50. The van der Waals surface area contributed by atoms with Crippen LogP contribution in [0.15, 0.2) is 42.5 Å². The van der Waals surface area contributed by atoms with E-state index in [2.05, 4.69) is 43.7 Å². The van der Waals surface area contributed by atoms with Gasteiger partial charge in [0.05, 0.1) is 25.1 Å². The lowest BCUT2D eigenvalue weighted by Crippen LogP contribution is -2.62. The Bertz CT molecular complexity index is 1850. The molecule has 8 rings (SSSR count). The summed E-state index contributed by atoms with van der Waals surface area (Å²) in [7, 11) is -2.16. The number of methoxy groups -OCH3 is 1. The third kappa shape index (κ3) is 7.13. The van der Waals surface area contributed by atoms with Gasteiger partial charge in [0.15, 0.2) is 11.6 Å². The normalized spacial score (nSPS) is 35.4. The second-order valence-electron chi connectivity index (χ2n) is 16.5. The van der Waals surface area contributed by atoms with Gasteiger partial charge >= 0.3 is 0 Å². The number of hydrogen-bond donors (Lipinski definition) is 1. The predicted octanol–water partition coefficient (Wildman–Crippen LogP) is 4.68. The molecule has 0 radical (unpaired) electrons. The number of piperazine rings is 1. The first-order chi connectivity index (χ1) is 25.5. The summed E-state index contributed by atoms with van der Waals surface area (Å²) in [6.07, 6.45) is 9.91. The fourth-order valence-electron chi connectivity index (χ4n) is 9.96. The van der Waals surface area contributed by atoms with Crippen molar-refractivity contribution >= 4 is 33.3 Å². The molecule has 4 aliphatic heterocycles. The minimum absolute atomic E-state index is 0.0572. The maximum Gasteiger partial charge on any atom is 0.283 e. The number of nitrogens with one attached hydrogen (secondary N) is 1. The molecule has 6 aliphatic rings. The molecule has 7 atom stereocenters. The number of nitrogens with zero attached hydrogens (tertiary/aromatic N) is 4. The molecule has 1 N–H and O–H groups in total. The Hall–Kier alpha value is -2.74. The number of allylic oxidation sites excluding steroid dienone is 1. The molecule has 53 heavy (non-hydrogen) atoms. The van der Waals surface area contributed by atoms with E-state index in [1.165, 1.54) is 11.1 Å². The lowest BCUT2D eigenvalue weighted by atomic mass is 9.63. The highest BCUT2D eigenvalue weighted by molar-refractivity contribution is 7.90. The molecule has 1 spiro atoms. The Labute approximate surface area is 319 Å². The quantitative estimate of drug-likeness (QED) is 0.442. The molecule has 11 nitrogen and oxygen atoms in total. The number of rotatable bonds is 3. The van der Waals surface area contributed by atoms with Gasteiger partial charge in [0.1, 0.15) is 11.3 Å². The third-order valence-corrected chi connectivity index (χ3v) is 15.6. The highest BCUT2D eigenvalue weighted by Gasteiger charge is 2.50. The number of fused-ring (bicyclic) bond motifs is 5. The minimum Gasteiger partial charge on any atom is -0.489 e. The van der Waals surface area contributed by atoms with Crippen molar-refractivity contribution in [3.63, 3.8) is 0 Å². The van der Waals surface area contributed by atoms with Crippen molar-refractivity contribution < 1.29 is 27.4 Å². The van der Waals surface area contributed by atoms with Crippen LogP contribution in [0, 0.1) is 17.8 Å². The monoisotopic (exact) mass is 767 g/mol. The second kappa shape index (κ2) is 14.7. The van der Waals surface area contributed by atoms with E-state index in [0.717, 1.165) is 83.1 Å². The number of aryl methyl sites for hydroxylation is 1. The summed E-state index contributed by atoms with van der Waals surface area (Å²) in [5.74, 6) is 0.730. The molecule has 2 aliphatic carbocycles. The van der Waals surface area contributed by atoms with Crippen LogP contribution in [0.2, 0.25) is 5.02 Å². The number of anilines is 1. The van der Waals surface area contributed by atoms with Gasteiger partial charge in [0.25, 0.3) is 5.91 Å². The average Bonchev–Trinajstić information content (AvgIpc) is 3.28. The SMILES string of the molecule is CO[C@@]1(CN2CCN3CCOC[C@@H]3C2)/C=C\C[C@H](C)[C@@H](C)S(=O)(=O)NC(=O)c2ccc3c(n2)N(C[C@@H]2CC[C@H]21)C[C@@]1(CCCc2cc(Cl)ccc21)CO3. The highest BCUT2D eigenvalue weighted by Crippen LogP contribution is 2.49. The van der Waals surface area contributed by atoms with E-state index in [0.29, 0.717) is 49.6 Å². The fourth-order valence-corrected chi connectivity index (χ4v) is 11.4. The van der Waals surface area contributed by atoms with E-state index >= 15 is 0 Å². The van der Waals surface area contributed by atoms with Crippen molar-refractivity contribution in [3.8, 4) is 5.75 Å².